The number of carbonyl (C=O) groups excluding carboxylic acids is 1. The normalized spacial score (nSPS) is 12.0. The van der Waals surface area contributed by atoms with E-state index in [4.69, 9.17) is 0 Å². The number of thiophene rings is 1. The van der Waals surface area contributed by atoms with E-state index >= 15 is 0 Å². The van der Waals surface area contributed by atoms with E-state index in [-0.39, 0.29) is 0 Å². The number of nitrogens with one attached hydrogen (secondary N) is 1. The minimum absolute atomic E-state index is 0.310. The number of carbonyl (C=O) groups is 2. The lowest BCUT2D eigenvalue weighted by Crippen LogP contribution is -2.33. The SMILES string of the molecule is Cn1ncc(C(=O)NC(C(=O)O)c2ccsc2)c1-n1cccc1. The summed E-state index contributed by atoms with van der Waals surface area (Å²) in [5.74, 6) is -1.02. The first-order valence-electron chi connectivity index (χ1n) is 6.79. The Morgan fingerprint density at radius 3 is 2.70 bits per heavy atom. The zero-order valence-electron chi connectivity index (χ0n) is 12.2. The second-order valence-electron chi connectivity index (χ2n) is 4.90. The van der Waals surface area contributed by atoms with Gasteiger partial charge in [0, 0.05) is 19.4 Å². The van der Waals surface area contributed by atoms with Gasteiger partial charge in [-0.3, -0.25) is 9.48 Å². The van der Waals surface area contributed by atoms with Crippen LogP contribution in [0.3, 0.4) is 0 Å². The van der Waals surface area contributed by atoms with Gasteiger partial charge in [0.15, 0.2) is 6.04 Å². The summed E-state index contributed by atoms with van der Waals surface area (Å²) in [6, 6.07) is 4.26. The van der Waals surface area contributed by atoms with Crippen molar-refractivity contribution in [2.24, 2.45) is 7.05 Å². The Balaban J connectivity index is 1.91. The molecular weight excluding hydrogens is 316 g/mol. The summed E-state index contributed by atoms with van der Waals surface area (Å²) in [4.78, 5) is 24.0. The van der Waals surface area contributed by atoms with E-state index < -0.39 is 17.9 Å². The van der Waals surface area contributed by atoms with Gasteiger partial charge in [0.1, 0.15) is 11.4 Å². The van der Waals surface area contributed by atoms with Crippen LogP contribution in [0.1, 0.15) is 22.0 Å². The smallest absolute Gasteiger partial charge is 0.330 e. The molecule has 118 valence electrons. The Hall–Kier alpha value is -2.87. The van der Waals surface area contributed by atoms with E-state index in [1.807, 2.05) is 12.1 Å². The van der Waals surface area contributed by atoms with Gasteiger partial charge in [-0.1, -0.05) is 0 Å². The Kier molecular flexibility index (Phi) is 3.98. The molecule has 0 radical (unpaired) electrons. The maximum Gasteiger partial charge on any atom is 0.330 e. The van der Waals surface area contributed by atoms with Crippen LogP contribution < -0.4 is 5.32 Å². The average Bonchev–Trinajstić information content (AvgIpc) is 3.24. The number of hydrogen-bond acceptors (Lipinski definition) is 4. The molecule has 0 spiro atoms. The quantitative estimate of drug-likeness (QED) is 0.747. The molecule has 0 saturated carbocycles. The molecule has 0 bridgehead atoms. The monoisotopic (exact) mass is 330 g/mol. The fourth-order valence-corrected chi connectivity index (χ4v) is 2.99. The number of carboxylic acids is 1. The van der Waals surface area contributed by atoms with Crippen LogP contribution in [0.4, 0.5) is 0 Å². The van der Waals surface area contributed by atoms with Crippen LogP contribution in [0.5, 0.6) is 0 Å². The summed E-state index contributed by atoms with van der Waals surface area (Å²) in [5, 5.41) is 19.5. The van der Waals surface area contributed by atoms with E-state index in [1.165, 1.54) is 17.5 Å². The van der Waals surface area contributed by atoms with E-state index in [0.717, 1.165) is 0 Å². The van der Waals surface area contributed by atoms with Crippen molar-refractivity contribution < 1.29 is 14.7 Å². The van der Waals surface area contributed by atoms with Crippen molar-refractivity contribution in [2.75, 3.05) is 0 Å². The third kappa shape index (κ3) is 2.88. The molecule has 0 aromatic carbocycles. The van der Waals surface area contributed by atoms with Crippen molar-refractivity contribution in [3.8, 4) is 5.82 Å². The first kappa shape index (κ1) is 15.0. The molecule has 0 aliphatic carbocycles. The molecule has 0 fully saturated rings. The number of amides is 1. The summed E-state index contributed by atoms with van der Waals surface area (Å²) in [7, 11) is 1.72. The highest BCUT2D eigenvalue weighted by atomic mass is 32.1. The van der Waals surface area contributed by atoms with Crippen molar-refractivity contribution in [1.29, 1.82) is 0 Å². The molecule has 1 unspecified atom stereocenters. The number of carboxylic acid groups (broad SMARTS) is 1. The standard InChI is InChI=1S/C15H14N4O3S/c1-18-14(19-5-2-3-6-19)11(8-16-18)13(20)17-12(15(21)22)10-4-7-23-9-10/h2-9,12H,1H3,(H,17,20)(H,21,22). The number of aryl methyl sites for hydroxylation is 1. The van der Waals surface area contributed by atoms with E-state index in [0.29, 0.717) is 16.9 Å². The second kappa shape index (κ2) is 6.09. The summed E-state index contributed by atoms with van der Waals surface area (Å²) in [6.45, 7) is 0. The third-order valence-electron chi connectivity index (χ3n) is 3.40. The molecule has 1 amide bonds. The van der Waals surface area contributed by atoms with Crippen LogP contribution in [0, 0.1) is 0 Å². The number of rotatable bonds is 5. The van der Waals surface area contributed by atoms with E-state index in [2.05, 4.69) is 10.4 Å². The minimum atomic E-state index is -1.11. The van der Waals surface area contributed by atoms with Gasteiger partial charge in [-0.15, -0.1) is 0 Å². The van der Waals surface area contributed by atoms with Gasteiger partial charge in [-0.25, -0.2) is 4.79 Å². The van der Waals surface area contributed by atoms with Crippen LogP contribution >= 0.6 is 11.3 Å². The Bertz CT molecular complexity index is 821. The van der Waals surface area contributed by atoms with Gasteiger partial charge in [0.2, 0.25) is 0 Å². The van der Waals surface area contributed by atoms with Gasteiger partial charge < -0.3 is 15.0 Å². The van der Waals surface area contributed by atoms with Gasteiger partial charge in [0.25, 0.3) is 5.91 Å². The Labute approximate surface area is 135 Å². The van der Waals surface area contributed by atoms with Crippen molar-refractivity contribution >= 4 is 23.2 Å². The first-order valence-corrected chi connectivity index (χ1v) is 7.73. The largest absolute Gasteiger partial charge is 0.479 e. The van der Waals surface area contributed by atoms with Crippen molar-refractivity contribution in [3.63, 3.8) is 0 Å². The van der Waals surface area contributed by atoms with Crippen molar-refractivity contribution in [3.05, 3.63) is 58.7 Å². The molecule has 0 aliphatic heterocycles. The third-order valence-corrected chi connectivity index (χ3v) is 4.10. The predicted octanol–water partition coefficient (Wildman–Crippen LogP) is 1.83. The highest BCUT2D eigenvalue weighted by Gasteiger charge is 2.25. The van der Waals surface area contributed by atoms with Crippen LogP contribution in [0.25, 0.3) is 5.82 Å². The predicted molar refractivity (Wildman–Crippen MR) is 84.7 cm³/mol. The molecule has 0 aliphatic rings. The zero-order chi connectivity index (χ0) is 16.4. The molecular formula is C15H14N4O3S. The maximum absolute atomic E-state index is 12.5. The molecule has 7 nitrogen and oxygen atoms in total. The lowest BCUT2D eigenvalue weighted by atomic mass is 10.1. The molecule has 8 heteroatoms. The van der Waals surface area contributed by atoms with Crippen molar-refractivity contribution in [1.82, 2.24) is 19.7 Å². The summed E-state index contributed by atoms with van der Waals surface area (Å²) in [5.41, 5.74) is 0.854. The van der Waals surface area contributed by atoms with E-state index in [9.17, 15) is 14.7 Å². The van der Waals surface area contributed by atoms with Crippen molar-refractivity contribution in [2.45, 2.75) is 6.04 Å². The van der Waals surface area contributed by atoms with Gasteiger partial charge in [-0.05, 0) is 34.5 Å². The molecule has 3 rings (SSSR count). The molecule has 1 atom stereocenters. The zero-order valence-corrected chi connectivity index (χ0v) is 13.0. The highest BCUT2D eigenvalue weighted by molar-refractivity contribution is 7.08. The number of aliphatic carboxylic acids is 1. The van der Waals surface area contributed by atoms with Crippen LogP contribution in [0.15, 0.2) is 47.5 Å². The summed E-state index contributed by atoms with van der Waals surface area (Å²) in [6.07, 6.45) is 5.01. The number of nitrogens with zero attached hydrogens (tertiary/aromatic N) is 3. The van der Waals surface area contributed by atoms with E-state index in [1.54, 1.807) is 45.5 Å². The van der Waals surface area contributed by atoms with Gasteiger partial charge in [0.05, 0.1) is 6.20 Å². The Morgan fingerprint density at radius 2 is 2.09 bits per heavy atom. The topological polar surface area (TPSA) is 89.2 Å². The average molecular weight is 330 g/mol. The number of aromatic nitrogens is 3. The second-order valence-corrected chi connectivity index (χ2v) is 5.68. The van der Waals surface area contributed by atoms with Crippen LogP contribution in [-0.2, 0) is 11.8 Å². The summed E-state index contributed by atoms with van der Waals surface area (Å²) >= 11 is 1.38. The molecule has 2 N–H and O–H groups in total. The summed E-state index contributed by atoms with van der Waals surface area (Å²) < 4.78 is 3.32. The maximum atomic E-state index is 12.5. The lowest BCUT2D eigenvalue weighted by molar-refractivity contribution is -0.139. The minimum Gasteiger partial charge on any atom is -0.479 e. The molecule has 0 saturated heterocycles. The highest BCUT2D eigenvalue weighted by Crippen LogP contribution is 2.19. The Morgan fingerprint density at radius 1 is 1.35 bits per heavy atom. The first-order chi connectivity index (χ1) is 11.1. The fraction of sp³-hybridized carbons (Fsp3) is 0.133. The van der Waals surface area contributed by atoms with Crippen LogP contribution in [-0.4, -0.2) is 31.3 Å². The molecule has 3 heterocycles. The number of hydrogen-bond donors (Lipinski definition) is 2. The lowest BCUT2D eigenvalue weighted by Gasteiger charge is -2.14. The molecule has 3 aromatic rings. The molecule has 23 heavy (non-hydrogen) atoms. The van der Waals surface area contributed by atoms with Crippen LogP contribution in [0.2, 0.25) is 0 Å². The van der Waals surface area contributed by atoms with Gasteiger partial charge >= 0.3 is 5.97 Å². The fourth-order valence-electron chi connectivity index (χ4n) is 2.31. The van der Waals surface area contributed by atoms with Gasteiger partial charge in [-0.2, -0.15) is 16.4 Å². The molecule has 3 aromatic heterocycles.